The van der Waals surface area contributed by atoms with Gasteiger partial charge in [-0.1, -0.05) is 49.4 Å². The van der Waals surface area contributed by atoms with Gasteiger partial charge in [0.1, 0.15) is 5.69 Å². The molecule has 1 heterocycles. The summed E-state index contributed by atoms with van der Waals surface area (Å²) in [5.41, 5.74) is 2.52. The molecular formula is C29H41N3O4. The molecule has 0 aliphatic rings. The first-order valence-corrected chi connectivity index (χ1v) is 12.6. The minimum atomic E-state index is -0.617. The van der Waals surface area contributed by atoms with E-state index in [-0.39, 0.29) is 18.2 Å². The Balaban J connectivity index is 1.99. The van der Waals surface area contributed by atoms with Crippen LogP contribution in [0.4, 0.5) is 0 Å². The average molecular weight is 496 g/mol. The minimum Gasteiger partial charge on any atom is -0.493 e. The Morgan fingerprint density at radius 2 is 1.67 bits per heavy atom. The number of aliphatic hydroxyl groups excluding tert-OH is 1. The van der Waals surface area contributed by atoms with E-state index in [9.17, 15) is 5.11 Å². The molecule has 7 heteroatoms. The zero-order chi connectivity index (χ0) is 26.3. The Hall–Kier alpha value is -2.87. The van der Waals surface area contributed by atoms with Gasteiger partial charge in [-0.2, -0.15) is 5.10 Å². The first-order chi connectivity index (χ1) is 17.1. The van der Waals surface area contributed by atoms with Crippen LogP contribution in [0.1, 0.15) is 46.6 Å². The van der Waals surface area contributed by atoms with Crippen molar-refractivity contribution in [2.75, 3.05) is 20.3 Å². The van der Waals surface area contributed by atoms with Crippen LogP contribution in [0.5, 0.6) is 17.4 Å². The highest BCUT2D eigenvalue weighted by Gasteiger charge is 2.26. The molecule has 0 radical (unpaired) electrons. The van der Waals surface area contributed by atoms with Crippen LogP contribution in [-0.2, 0) is 18.3 Å². The number of methoxy groups -OCH3 is 1. The van der Waals surface area contributed by atoms with Crippen LogP contribution in [0.25, 0.3) is 11.3 Å². The monoisotopic (exact) mass is 495 g/mol. The quantitative estimate of drug-likeness (QED) is 0.349. The molecule has 0 unspecified atom stereocenters. The van der Waals surface area contributed by atoms with Gasteiger partial charge in [-0.25, -0.2) is 4.68 Å². The van der Waals surface area contributed by atoms with Gasteiger partial charge in [0.25, 0.3) is 0 Å². The second kappa shape index (κ2) is 12.4. The van der Waals surface area contributed by atoms with E-state index in [0.29, 0.717) is 30.5 Å². The summed E-state index contributed by atoms with van der Waals surface area (Å²) in [6.07, 6.45) is 0.324. The molecule has 0 bridgehead atoms. The van der Waals surface area contributed by atoms with Gasteiger partial charge in [-0.05, 0) is 46.2 Å². The summed E-state index contributed by atoms with van der Waals surface area (Å²) in [6, 6.07) is 17.9. The third-order valence-electron chi connectivity index (χ3n) is 6.14. The highest BCUT2D eigenvalue weighted by atomic mass is 16.5. The predicted molar refractivity (Wildman–Crippen MR) is 144 cm³/mol. The Morgan fingerprint density at radius 1 is 1.03 bits per heavy atom. The minimum absolute atomic E-state index is 0.234. The summed E-state index contributed by atoms with van der Waals surface area (Å²) >= 11 is 0. The smallest absolute Gasteiger partial charge is 0.222 e. The van der Waals surface area contributed by atoms with Gasteiger partial charge in [0.15, 0.2) is 11.5 Å². The number of rotatable bonds is 12. The third kappa shape index (κ3) is 7.32. The van der Waals surface area contributed by atoms with Crippen LogP contribution >= 0.6 is 0 Å². The van der Waals surface area contributed by atoms with E-state index in [1.807, 2.05) is 70.3 Å². The van der Waals surface area contributed by atoms with Crippen molar-refractivity contribution < 1.29 is 19.3 Å². The lowest BCUT2D eigenvalue weighted by atomic mass is 10.1. The number of ether oxygens (including phenoxy) is 3. The average Bonchev–Trinajstić information content (AvgIpc) is 3.17. The standard InChI is InChI=1S/C29H41N3O4/c1-8-21(2)32(18-23(33)20-35-29(3,4)5)19-24-27(22-14-10-9-11-15-22)30-31(6)28(24)36-26-17-13-12-16-25(26)34-7/h9-17,21,23,33H,8,18-20H2,1-7H3/t21-,23+/m0/s1. The first kappa shape index (κ1) is 27.7. The molecule has 7 nitrogen and oxygen atoms in total. The van der Waals surface area contributed by atoms with E-state index in [0.717, 1.165) is 23.2 Å². The maximum atomic E-state index is 10.8. The summed E-state index contributed by atoms with van der Waals surface area (Å²) in [5.74, 6) is 1.92. The Bertz CT molecular complexity index is 1090. The third-order valence-corrected chi connectivity index (χ3v) is 6.14. The number of nitrogens with zero attached hydrogens (tertiary/aromatic N) is 3. The van der Waals surface area contributed by atoms with Crippen LogP contribution < -0.4 is 9.47 Å². The first-order valence-electron chi connectivity index (χ1n) is 12.6. The van der Waals surface area contributed by atoms with E-state index in [1.54, 1.807) is 11.8 Å². The molecule has 0 spiro atoms. The molecular weight excluding hydrogens is 454 g/mol. The molecule has 196 valence electrons. The van der Waals surface area contributed by atoms with E-state index >= 15 is 0 Å². The number of hydrogen-bond donors (Lipinski definition) is 1. The molecule has 0 aliphatic heterocycles. The fourth-order valence-electron chi connectivity index (χ4n) is 3.99. The Kier molecular flexibility index (Phi) is 9.54. The predicted octanol–water partition coefficient (Wildman–Crippen LogP) is 5.66. The normalized spacial score (nSPS) is 13.6. The Morgan fingerprint density at radius 3 is 2.28 bits per heavy atom. The molecule has 0 saturated carbocycles. The second-order valence-corrected chi connectivity index (χ2v) is 10.1. The number of aromatic nitrogens is 2. The van der Waals surface area contributed by atoms with Gasteiger partial charge in [-0.3, -0.25) is 4.90 Å². The summed E-state index contributed by atoms with van der Waals surface area (Å²) in [5, 5.41) is 15.7. The maximum Gasteiger partial charge on any atom is 0.222 e. The molecule has 3 aromatic rings. The van der Waals surface area contributed by atoms with E-state index in [1.165, 1.54) is 0 Å². The number of aryl methyl sites for hydroxylation is 1. The number of hydrogen-bond acceptors (Lipinski definition) is 6. The van der Waals surface area contributed by atoms with Crippen molar-refractivity contribution in [2.45, 2.75) is 65.3 Å². The van der Waals surface area contributed by atoms with E-state index < -0.39 is 6.10 Å². The summed E-state index contributed by atoms with van der Waals surface area (Å²) in [6.45, 7) is 11.6. The van der Waals surface area contributed by atoms with Crippen LogP contribution in [0, 0.1) is 0 Å². The van der Waals surface area contributed by atoms with Gasteiger partial charge < -0.3 is 19.3 Å². The van der Waals surface area contributed by atoms with Crippen molar-refractivity contribution in [3.05, 3.63) is 60.2 Å². The summed E-state index contributed by atoms with van der Waals surface area (Å²) in [4.78, 5) is 2.27. The molecule has 2 aromatic carbocycles. The highest BCUT2D eigenvalue weighted by Crippen LogP contribution is 2.37. The molecule has 2 atom stereocenters. The van der Waals surface area contributed by atoms with Gasteiger partial charge >= 0.3 is 0 Å². The number of benzene rings is 2. The van der Waals surface area contributed by atoms with Crippen LogP contribution in [0.15, 0.2) is 54.6 Å². The van der Waals surface area contributed by atoms with Crippen molar-refractivity contribution in [2.24, 2.45) is 7.05 Å². The zero-order valence-electron chi connectivity index (χ0n) is 22.7. The molecule has 0 fully saturated rings. The summed E-state index contributed by atoms with van der Waals surface area (Å²) in [7, 11) is 3.52. The lowest BCUT2D eigenvalue weighted by molar-refractivity contribution is -0.0593. The van der Waals surface area contributed by atoms with Gasteiger partial charge in [-0.15, -0.1) is 0 Å². The number of para-hydroxylation sites is 2. The van der Waals surface area contributed by atoms with Crippen molar-refractivity contribution in [1.29, 1.82) is 0 Å². The van der Waals surface area contributed by atoms with Crippen LogP contribution in [0.3, 0.4) is 0 Å². The van der Waals surface area contributed by atoms with Crippen molar-refractivity contribution in [1.82, 2.24) is 14.7 Å². The highest BCUT2D eigenvalue weighted by molar-refractivity contribution is 5.66. The van der Waals surface area contributed by atoms with Gasteiger partial charge in [0, 0.05) is 31.7 Å². The fourth-order valence-corrected chi connectivity index (χ4v) is 3.99. The van der Waals surface area contributed by atoms with Gasteiger partial charge in [0.05, 0.1) is 31.0 Å². The Labute approximate surface area is 215 Å². The SMILES string of the molecule is CC[C@H](C)N(Cc1c(-c2ccccc2)nn(C)c1Oc1ccccc1OC)C[C@@H](O)COC(C)(C)C. The van der Waals surface area contributed by atoms with Crippen LogP contribution in [0.2, 0.25) is 0 Å². The largest absolute Gasteiger partial charge is 0.493 e. The maximum absolute atomic E-state index is 10.8. The fraction of sp³-hybridized carbons (Fsp3) is 0.483. The van der Waals surface area contributed by atoms with E-state index in [4.69, 9.17) is 19.3 Å². The van der Waals surface area contributed by atoms with Crippen molar-refractivity contribution in [3.63, 3.8) is 0 Å². The molecule has 3 rings (SSSR count). The van der Waals surface area contributed by atoms with E-state index in [2.05, 4.69) is 30.9 Å². The topological polar surface area (TPSA) is 69.0 Å². The van der Waals surface area contributed by atoms with Crippen molar-refractivity contribution in [3.8, 4) is 28.6 Å². The molecule has 0 amide bonds. The van der Waals surface area contributed by atoms with Crippen molar-refractivity contribution >= 4 is 0 Å². The number of aliphatic hydroxyl groups is 1. The lowest BCUT2D eigenvalue weighted by Crippen LogP contribution is -2.41. The summed E-state index contributed by atoms with van der Waals surface area (Å²) < 4.78 is 19.6. The lowest BCUT2D eigenvalue weighted by Gasteiger charge is -2.31. The molecule has 0 saturated heterocycles. The van der Waals surface area contributed by atoms with Crippen LogP contribution in [-0.4, -0.2) is 57.8 Å². The molecule has 36 heavy (non-hydrogen) atoms. The molecule has 1 N–H and O–H groups in total. The second-order valence-electron chi connectivity index (χ2n) is 10.1. The van der Waals surface area contributed by atoms with Gasteiger partial charge in [0.2, 0.25) is 5.88 Å². The molecule has 1 aromatic heterocycles. The zero-order valence-corrected chi connectivity index (χ0v) is 22.7. The molecule has 0 aliphatic carbocycles.